The fraction of sp³-hybridized carbons (Fsp3) is 1.00. The minimum atomic E-state index is -1.34. The predicted octanol–water partition coefficient (Wildman–Crippen LogP) is 0.576. The van der Waals surface area contributed by atoms with E-state index >= 15 is 0 Å². The van der Waals surface area contributed by atoms with Gasteiger partial charge in [-0.2, -0.15) is 0 Å². The average Bonchev–Trinajstić information content (AvgIpc) is 3.01. The molecule has 3 aliphatic rings. The van der Waals surface area contributed by atoms with Gasteiger partial charge in [0, 0.05) is 0 Å². The van der Waals surface area contributed by atoms with Gasteiger partial charge in [-0.05, 0) is 26.2 Å². The molecule has 0 radical (unpaired) electrons. The van der Waals surface area contributed by atoms with E-state index in [1.54, 1.807) is 20.8 Å². The summed E-state index contributed by atoms with van der Waals surface area (Å²) in [6.07, 6.45) is -8.78. The summed E-state index contributed by atoms with van der Waals surface area (Å²) in [6, 6.07) is 0. The summed E-state index contributed by atoms with van der Waals surface area (Å²) < 4.78 is 39.4. The van der Waals surface area contributed by atoms with Crippen LogP contribution < -0.4 is 0 Å². The lowest BCUT2D eigenvalue weighted by Crippen LogP contribution is -2.64. The second-order valence-electron chi connectivity index (χ2n) is 10.5. The largest absolute Gasteiger partial charge is 0.394 e. The number of rotatable bonds is 8. The van der Waals surface area contributed by atoms with Crippen LogP contribution >= 0.6 is 12.3 Å². The van der Waals surface area contributed by atoms with E-state index in [4.69, 9.17) is 33.1 Å². The van der Waals surface area contributed by atoms with E-state index < -0.39 is 73.4 Å². The molecule has 0 aliphatic carbocycles. The maximum atomic E-state index is 11.1. The van der Waals surface area contributed by atoms with Gasteiger partial charge < -0.3 is 39.0 Å². The quantitative estimate of drug-likeness (QED) is 0.159. The van der Waals surface area contributed by atoms with Crippen LogP contribution in [0.3, 0.4) is 0 Å². The SMILES string of the molecule is CC(C)(C)O[C@@H]1C(O)[C@H](O[C@H]2C3OC[C@@H]2O[C@H](C(C)(C)C)C3O)OC(CO)[C@@H]1OSOOO. The molecule has 33 heavy (non-hydrogen) atoms. The van der Waals surface area contributed by atoms with Gasteiger partial charge >= 0.3 is 0 Å². The molecule has 3 heterocycles. The molecule has 4 unspecified atom stereocenters. The Labute approximate surface area is 197 Å². The lowest BCUT2D eigenvalue weighted by molar-refractivity contribution is -0.435. The molecule has 0 aromatic heterocycles. The molecule has 0 saturated carbocycles. The lowest BCUT2D eigenvalue weighted by Gasteiger charge is -2.48. The van der Waals surface area contributed by atoms with Crippen LogP contribution in [0.25, 0.3) is 0 Å². The van der Waals surface area contributed by atoms with Crippen molar-refractivity contribution in [1.82, 2.24) is 0 Å². The average molecular weight is 501 g/mol. The minimum absolute atomic E-state index is 0.230. The molecule has 3 rings (SSSR count). The molecule has 13 heteroatoms. The molecule has 0 aromatic rings. The highest BCUT2D eigenvalue weighted by Gasteiger charge is 2.57. The Morgan fingerprint density at radius 3 is 2.24 bits per heavy atom. The second kappa shape index (κ2) is 10.9. The molecular weight excluding hydrogens is 464 g/mol. The van der Waals surface area contributed by atoms with Crippen molar-refractivity contribution >= 4 is 12.3 Å². The zero-order valence-electron chi connectivity index (χ0n) is 19.7. The first kappa shape index (κ1) is 27.5. The zero-order chi connectivity index (χ0) is 24.6. The van der Waals surface area contributed by atoms with E-state index in [0.717, 1.165) is 0 Å². The summed E-state index contributed by atoms with van der Waals surface area (Å²) >= 11 is 0.293. The van der Waals surface area contributed by atoms with Crippen molar-refractivity contribution in [2.45, 2.75) is 108 Å². The summed E-state index contributed by atoms with van der Waals surface area (Å²) in [4.78, 5) is 0. The molecule has 3 fully saturated rings. The first-order valence-electron chi connectivity index (χ1n) is 10.9. The first-order valence-corrected chi connectivity index (χ1v) is 11.6. The number of aliphatic hydroxyl groups excluding tert-OH is 3. The van der Waals surface area contributed by atoms with E-state index in [1.807, 2.05) is 20.8 Å². The van der Waals surface area contributed by atoms with Crippen LogP contribution in [0.5, 0.6) is 0 Å². The first-order chi connectivity index (χ1) is 15.4. The maximum absolute atomic E-state index is 11.1. The highest BCUT2D eigenvalue weighted by atomic mass is 32.2. The summed E-state index contributed by atoms with van der Waals surface area (Å²) in [7, 11) is 0. The Bertz CT molecular complexity index is 625. The van der Waals surface area contributed by atoms with E-state index in [2.05, 4.69) is 9.37 Å². The van der Waals surface area contributed by atoms with E-state index in [9.17, 15) is 15.3 Å². The monoisotopic (exact) mass is 500 g/mol. The topological polar surface area (TPSA) is 155 Å². The van der Waals surface area contributed by atoms with Crippen LogP contribution in [0.4, 0.5) is 0 Å². The lowest BCUT2D eigenvalue weighted by atomic mass is 9.81. The molecule has 0 amide bonds. The third kappa shape index (κ3) is 6.36. The predicted molar refractivity (Wildman–Crippen MR) is 112 cm³/mol. The molecule has 0 spiro atoms. The molecule has 3 aliphatic heterocycles. The fourth-order valence-corrected chi connectivity index (χ4v) is 4.76. The van der Waals surface area contributed by atoms with Gasteiger partial charge in [0.1, 0.15) is 48.8 Å². The van der Waals surface area contributed by atoms with Gasteiger partial charge in [-0.1, -0.05) is 25.8 Å². The maximum Gasteiger partial charge on any atom is 0.198 e. The Kier molecular flexibility index (Phi) is 9.04. The number of aliphatic hydroxyl groups is 3. The number of fused-ring (bicyclic) bond motifs is 2. The van der Waals surface area contributed by atoms with Crippen molar-refractivity contribution in [2.75, 3.05) is 13.2 Å². The van der Waals surface area contributed by atoms with Gasteiger partial charge in [0.25, 0.3) is 0 Å². The Morgan fingerprint density at radius 2 is 1.67 bits per heavy atom. The van der Waals surface area contributed by atoms with Crippen LogP contribution in [0.1, 0.15) is 41.5 Å². The smallest absolute Gasteiger partial charge is 0.198 e. The van der Waals surface area contributed by atoms with E-state index in [1.165, 1.54) is 0 Å². The fourth-order valence-electron chi connectivity index (χ4n) is 4.38. The summed E-state index contributed by atoms with van der Waals surface area (Å²) in [5, 5.41) is 43.7. The van der Waals surface area contributed by atoms with Crippen LogP contribution in [-0.2, 0) is 37.2 Å². The van der Waals surface area contributed by atoms with Crippen molar-refractivity contribution in [3.05, 3.63) is 0 Å². The molecule has 194 valence electrons. The van der Waals surface area contributed by atoms with Crippen molar-refractivity contribution in [3.63, 3.8) is 0 Å². The third-order valence-electron chi connectivity index (χ3n) is 5.75. The second-order valence-corrected chi connectivity index (χ2v) is 11.0. The molecule has 0 aromatic carbocycles. The Morgan fingerprint density at radius 1 is 0.970 bits per heavy atom. The number of ether oxygens (including phenoxy) is 5. The molecule has 12 nitrogen and oxygen atoms in total. The molecule has 2 bridgehead atoms. The van der Waals surface area contributed by atoms with Crippen LogP contribution in [0.2, 0.25) is 0 Å². The number of hydrogen-bond acceptors (Lipinski definition) is 13. The van der Waals surface area contributed by atoms with Crippen molar-refractivity contribution in [1.29, 1.82) is 0 Å². The van der Waals surface area contributed by atoms with E-state index in [-0.39, 0.29) is 12.0 Å². The van der Waals surface area contributed by atoms with Gasteiger partial charge in [0.05, 0.1) is 24.9 Å². The van der Waals surface area contributed by atoms with Gasteiger partial charge in [0.2, 0.25) is 0 Å². The Hall–Kier alpha value is -0.130. The standard InChI is InChI=1S/C20H36O12S/c1-19(2,3)17-11(22)15-13(10(26-17)8-25-15)28-18-12(23)16(29-20(4,5)6)14(9(7-21)27-18)30-33-32-31-24/h9-18,21-24H,7-8H2,1-6H3/t9?,10-,11?,12?,13+,14-,15?,16+,17-,18-/m0/s1. The summed E-state index contributed by atoms with van der Waals surface area (Å²) in [5.41, 5.74) is -1.01. The van der Waals surface area contributed by atoms with E-state index in [0.29, 0.717) is 12.3 Å². The summed E-state index contributed by atoms with van der Waals surface area (Å²) in [5.74, 6) is 0. The van der Waals surface area contributed by atoms with Gasteiger partial charge in [0.15, 0.2) is 18.6 Å². The van der Waals surface area contributed by atoms with Gasteiger partial charge in [-0.25, -0.2) is 5.26 Å². The Balaban J connectivity index is 1.77. The van der Waals surface area contributed by atoms with Crippen molar-refractivity contribution in [2.24, 2.45) is 5.41 Å². The van der Waals surface area contributed by atoms with Gasteiger partial charge in [-0.3, -0.25) is 4.18 Å². The molecule has 3 saturated heterocycles. The normalized spacial score (nSPS) is 42.0. The molecule has 10 atom stereocenters. The van der Waals surface area contributed by atoms with Crippen molar-refractivity contribution < 1.29 is 57.8 Å². The van der Waals surface area contributed by atoms with Crippen LogP contribution in [-0.4, -0.2) is 101 Å². The zero-order valence-corrected chi connectivity index (χ0v) is 20.5. The van der Waals surface area contributed by atoms with Crippen molar-refractivity contribution in [3.8, 4) is 0 Å². The molecule has 4 N–H and O–H groups in total. The highest BCUT2D eigenvalue weighted by Crippen LogP contribution is 2.40. The van der Waals surface area contributed by atoms with Gasteiger partial charge in [-0.15, -0.1) is 4.33 Å². The summed E-state index contributed by atoms with van der Waals surface area (Å²) in [6.45, 7) is 11.0. The highest BCUT2D eigenvalue weighted by molar-refractivity contribution is 7.89. The van der Waals surface area contributed by atoms with Crippen LogP contribution in [0, 0.1) is 5.41 Å². The third-order valence-corrected chi connectivity index (χ3v) is 6.17. The van der Waals surface area contributed by atoms with Crippen LogP contribution in [0.15, 0.2) is 0 Å². The number of hydrogen-bond donors (Lipinski definition) is 4. The molecular formula is C20H36O12S. The minimum Gasteiger partial charge on any atom is -0.394 e.